The molecule has 0 bridgehead atoms. The van der Waals surface area contributed by atoms with Gasteiger partial charge in [-0.2, -0.15) is 0 Å². The van der Waals surface area contributed by atoms with Gasteiger partial charge in [-0.05, 0) is 42.4 Å². The standard InChI is InChI=1S/C18H23BrN6O6S/c1-11-3-5-13(24-32(28,29)15-9-12(19)4-6-14(15)30-2)17(27)25(11)10-16(26)22-7-8-31-23-18(20)21/h3-6,9,24H,7-8,10H2,1-2H3,(H,22,26)(H4,20,21,23). The summed E-state index contributed by atoms with van der Waals surface area (Å²) in [6.45, 7) is 1.40. The van der Waals surface area contributed by atoms with Crippen LogP contribution in [0.15, 0.2) is 49.7 Å². The predicted molar refractivity (Wildman–Crippen MR) is 122 cm³/mol. The number of rotatable bonds is 10. The van der Waals surface area contributed by atoms with Crippen molar-refractivity contribution >= 4 is 43.5 Å². The summed E-state index contributed by atoms with van der Waals surface area (Å²) in [6.07, 6.45) is 0. The number of aromatic nitrogens is 1. The van der Waals surface area contributed by atoms with E-state index in [-0.39, 0.29) is 42.0 Å². The number of nitrogens with zero attached hydrogens (tertiary/aromatic N) is 2. The number of guanidine groups is 1. The monoisotopic (exact) mass is 530 g/mol. The molecule has 1 amide bonds. The number of aryl methyl sites for hydroxylation is 1. The SMILES string of the molecule is COc1ccc(Br)cc1S(=O)(=O)Nc1ccc(C)n(CC(=O)NCCON=C(N)N)c1=O. The second kappa shape index (κ2) is 10.9. The number of hydrogen-bond acceptors (Lipinski definition) is 7. The summed E-state index contributed by atoms with van der Waals surface area (Å²) in [4.78, 5) is 29.6. The van der Waals surface area contributed by atoms with Crippen molar-refractivity contribution in [2.24, 2.45) is 16.6 Å². The molecule has 0 atom stereocenters. The van der Waals surface area contributed by atoms with Crippen LogP contribution in [0.1, 0.15) is 5.69 Å². The molecule has 0 fully saturated rings. The van der Waals surface area contributed by atoms with Gasteiger partial charge in [-0.3, -0.25) is 14.3 Å². The quantitative estimate of drug-likeness (QED) is 0.144. The Morgan fingerprint density at radius 3 is 2.62 bits per heavy atom. The van der Waals surface area contributed by atoms with E-state index in [1.807, 2.05) is 0 Å². The smallest absolute Gasteiger partial charge is 0.275 e. The Morgan fingerprint density at radius 2 is 1.97 bits per heavy atom. The van der Waals surface area contributed by atoms with Gasteiger partial charge in [0.05, 0.1) is 13.7 Å². The molecule has 0 aliphatic rings. The minimum atomic E-state index is -4.15. The average Bonchev–Trinajstić information content (AvgIpc) is 2.72. The zero-order valence-corrected chi connectivity index (χ0v) is 19.7. The van der Waals surface area contributed by atoms with Crippen LogP contribution in [0.5, 0.6) is 5.75 Å². The normalized spacial score (nSPS) is 10.8. The van der Waals surface area contributed by atoms with Crippen LogP contribution in [-0.4, -0.2) is 45.1 Å². The first-order valence-corrected chi connectivity index (χ1v) is 11.4. The van der Waals surface area contributed by atoms with E-state index in [1.165, 1.54) is 31.4 Å². The van der Waals surface area contributed by atoms with E-state index in [2.05, 4.69) is 31.1 Å². The van der Waals surface area contributed by atoms with Crippen LogP contribution < -0.4 is 31.8 Å². The van der Waals surface area contributed by atoms with Crippen molar-refractivity contribution in [2.75, 3.05) is 25.0 Å². The van der Waals surface area contributed by atoms with E-state index in [0.29, 0.717) is 10.2 Å². The number of halogens is 1. The maximum Gasteiger partial charge on any atom is 0.275 e. The van der Waals surface area contributed by atoms with E-state index in [0.717, 1.165) is 4.57 Å². The number of benzene rings is 1. The lowest BCUT2D eigenvalue weighted by atomic mass is 10.3. The van der Waals surface area contributed by atoms with Gasteiger partial charge in [-0.15, -0.1) is 0 Å². The Balaban J connectivity index is 2.20. The van der Waals surface area contributed by atoms with Crippen LogP contribution >= 0.6 is 15.9 Å². The number of nitrogens with two attached hydrogens (primary N) is 2. The van der Waals surface area contributed by atoms with Crippen LogP contribution in [0.4, 0.5) is 5.69 Å². The summed E-state index contributed by atoms with van der Waals surface area (Å²) < 4.78 is 34.8. The van der Waals surface area contributed by atoms with E-state index in [9.17, 15) is 18.0 Å². The summed E-state index contributed by atoms with van der Waals surface area (Å²) >= 11 is 3.22. The second-order valence-electron chi connectivity index (χ2n) is 6.38. The summed E-state index contributed by atoms with van der Waals surface area (Å²) in [5.41, 5.74) is 9.77. The molecule has 6 N–H and O–H groups in total. The first-order chi connectivity index (χ1) is 15.0. The lowest BCUT2D eigenvalue weighted by Crippen LogP contribution is -2.36. The Bertz CT molecular complexity index is 1180. The zero-order chi connectivity index (χ0) is 23.9. The van der Waals surface area contributed by atoms with E-state index in [1.54, 1.807) is 13.0 Å². The minimum absolute atomic E-state index is 0.0197. The Kier molecular flexibility index (Phi) is 8.48. The van der Waals surface area contributed by atoms with Gasteiger partial charge < -0.3 is 30.9 Å². The maximum absolute atomic E-state index is 12.9. The molecule has 1 aromatic heterocycles. The number of methoxy groups -OCH3 is 1. The Morgan fingerprint density at radius 1 is 1.25 bits per heavy atom. The average molecular weight is 531 g/mol. The zero-order valence-electron chi connectivity index (χ0n) is 17.3. The summed E-state index contributed by atoms with van der Waals surface area (Å²) in [5, 5.41) is 5.85. The van der Waals surface area contributed by atoms with Crippen LogP contribution in [0.25, 0.3) is 0 Å². The van der Waals surface area contributed by atoms with Crippen molar-refractivity contribution in [3.8, 4) is 5.75 Å². The van der Waals surface area contributed by atoms with Crippen molar-refractivity contribution in [3.05, 3.63) is 50.9 Å². The largest absolute Gasteiger partial charge is 0.495 e. The van der Waals surface area contributed by atoms with Gasteiger partial charge in [-0.1, -0.05) is 15.9 Å². The van der Waals surface area contributed by atoms with E-state index >= 15 is 0 Å². The Labute approximate surface area is 192 Å². The molecule has 0 aliphatic carbocycles. The van der Waals surface area contributed by atoms with Crippen molar-refractivity contribution in [1.29, 1.82) is 0 Å². The molecule has 12 nitrogen and oxygen atoms in total. The molecule has 174 valence electrons. The third-order valence-corrected chi connectivity index (χ3v) is 5.92. The fraction of sp³-hybridized carbons (Fsp3) is 0.278. The van der Waals surface area contributed by atoms with Gasteiger partial charge in [0, 0.05) is 10.2 Å². The van der Waals surface area contributed by atoms with Crippen LogP contribution in [0.3, 0.4) is 0 Å². The number of hydrogen-bond donors (Lipinski definition) is 4. The third kappa shape index (κ3) is 6.62. The molecule has 32 heavy (non-hydrogen) atoms. The highest BCUT2D eigenvalue weighted by atomic mass is 79.9. The van der Waals surface area contributed by atoms with Crippen molar-refractivity contribution in [1.82, 2.24) is 9.88 Å². The molecular weight excluding hydrogens is 508 g/mol. The molecule has 0 spiro atoms. The third-order valence-electron chi connectivity index (χ3n) is 4.04. The molecular formula is C18H23BrN6O6S. The molecule has 0 unspecified atom stereocenters. The first-order valence-electron chi connectivity index (χ1n) is 9.09. The molecule has 0 saturated carbocycles. The van der Waals surface area contributed by atoms with Crippen LogP contribution in [0.2, 0.25) is 0 Å². The van der Waals surface area contributed by atoms with Crippen molar-refractivity contribution < 1.29 is 22.8 Å². The predicted octanol–water partition coefficient (Wildman–Crippen LogP) is 0.0498. The number of amides is 1. The number of sulfonamides is 1. The summed E-state index contributed by atoms with van der Waals surface area (Å²) in [7, 11) is -2.82. The van der Waals surface area contributed by atoms with Gasteiger partial charge in [0.15, 0.2) is 0 Å². The molecule has 2 rings (SSSR count). The number of carbonyl (C=O) groups excluding carboxylic acids is 1. The molecule has 1 aromatic carbocycles. The van der Waals surface area contributed by atoms with Gasteiger partial charge in [0.25, 0.3) is 15.6 Å². The minimum Gasteiger partial charge on any atom is -0.495 e. The molecule has 0 radical (unpaired) electrons. The van der Waals surface area contributed by atoms with Crippen LogP contribution in [-0.2, 0) is 26.2 Å². The van der Waals surface area contributed by atoms with Gasteiger partial charge in [0.1, 0.15) is 29.5 Å². The van der Waals surface area contributed by atoms with Gasteiger partial charge >= 0.3 is 0 Å². The van der Waals surface area contributed by atoms with Crippen molar-refractivity contribution in [3.63, 3.8) is 0 Å². The number of oxime groups is 1. The van der Waals surface area contributed by atoms with Gasteiger partial charge in [0.2, 0.25) is 11.9 Å². The summed E-state index contributed by atoms with van der Waals surface area (Å²) in [5.74, 6) is -0.633. The molecule has 2 aromatic rings. The lowest BCUT2D eigenvalue weighted by Gasteiger charge is -2.15. The number of anilines is 1. The first kappa shape index (κ1) is 25.0. The Hall–Kier alpha value is -3.26. The fourth-order valence-corrected chi connectivity index (χ4v) is 4.33. The number of carbonyl (C=O) groups is 1. The molecule has 14 heteroatoms. The maximum atomic E-state index is 12.9. The highest BCUT2D eigenvalue weighted by molar-refractivity contribution is 9.10. The fourth-order valence-electron chi connectivity index (χ4n) is 2.56. The highest BCUT2D eigenvalue weighted by Gasteiger charge is 2.22. The molecule has 1 heterocycles. The van der Waals surface area contributed by atoms with Gasteiger partial charge in [-0.25, -0.2) is 8.42 Å². The lowest BCUT2D eigenvalue weighted by molar-refractivity contribution is -0.122. The molecule has 0 aliphatic heterocycles. The van der Waals surface area contributed by atoms with E-state index < -0.39 is 21.5 Å². The summed E-state index contributed by atoms with van der Waals surface area (Å²) in [6, 6.07) is 7.31. The van der Waals surface area contributed by atoms with Crippen molar-refractivity contribution in [2.45, 2.75) is 18.4 Å². The topological polar surface area (TPSA) is 180 Å². The number of nitrogens with one attached hydrogen (secondary N) is 2. The van der Waals surface area contributed by atoms with E-state index in [4.69, 9.17) is 21.0 Å². The second-order valence-corrected chi connectivity index (χ2v) is 8.95. The molecule has 0 saturated heterocycles. The number of ether oxygens (including phenoxy) is 1. The number of pyridine rings is 1. The highest BCUT2D eigenvalue weighted by Crippen LogP contribution is 2.28. The van der Waals surface area contributed by atoms with Crippen LogP contribution in [0, 0.1) is 6.92 Å².